The van der Waals surface area contributed by atoms with Crippen LogP contribution in [0.25, 0.3) is 0 Å². The van der Waals surface area contributed by atoms with Gasteiger partial charge >= 0.3 is 6.18 Å². The number of hydrogen-bond acceptors (Lipinski definition) is 3. The maximum Gasteiger partial charge on any atom is 0.411 e. The summed E-state index contributed by atoms with van der Waals surface area (Å²) >= 11 is 0. The number of likely N-dealkylation sites (N-methyl/N-ethyl adjacent to an activating group) is 1. The van der Waals surface area contributed by atoms with Crippen LogP contribution < -0.4 is 10.6 Å². The van der Waals surface area contributed by atoms with Crippen LogP contribution in [0.3, 0.4) is 0 Å². The number of carbonyl (C=O) groups excluding carboxylic acids is 1. The lowest BCUT2D eigenvalue weighted by Crippen LogP contribution is -2.55. The number of amides is 1. The lowest BCUT2D eigenvalue weighted by molar-refractivity contribution is -0.188. The minimum Gasteiger partial charge on any atom is -0.369 e. The van der Waals surface area contributed by atoms with Crippen LogP contribution in [0.5, 0.6) is 0 Å². The van der Waals surface area contributed by atoms with E-state index in [1.54, 1.807) is 13.8 Å². The Bertz CT molecular complexity index is 346. The fourth-order valence-electron chi connectivity index (χ4n) is 2.53. The third kappa shape index (κ3) is 6.65. The molecule has 1 amide bonds. The third-order valence-electron chi connectivity index (χ3n) is 3.63. The molecule has 1 fully saturated rings. The molecule has 1 aliphatic rings. The monoisotopic (exact) mass is 310 g/mol. The zero-order valence-corrected chi connectivity index (χ0v) is 12.8. The topological polar surface area (TPSA) is 50.4 Å². The SMILES string of the molecule is CCNC(C)(C)C(=O)NC1CCCC(OCC(F)(F)F)C1. The number of alkyl halides is 3. The summed E-state index contributed by atoms with van der Waals surface area (Å²) in [6.07, 6.45) is -2.16. The molecule has 1 rings (SSSR count). The van der Waals surface area contributed by atoms with Crippen molar-refractivity contribution < 1.29 is 22.7 Å². The summed E-state index contributed by atoms with van der Waals surface area (Å²) in [5.74, 6) is -0.133. The van der Waals surface area contributed by atoms with E-state index in [4.69, 9.17) is 4.74 Å². The standard InChI is InChI=1S/C14H25F3N2O2/c1-4-18-13(2,3)12(20)19-10-6-5-7-11(8-10)21-9-14(15,16)17/h10-11,18H,4-9H2,1-3H3,(H,19,20). The molecule has 7 heteroatoms. The van der Waals surface area contributed by atoms with E-state index in [9.17, 15) is 18.0 Å². The molecule has 0 spiro atoms. The fraction of sp³-hybridized carbons (Fsp3) is 0.929. The minimum atomic E-state index is -4.30. The summed E-state index contributed by atoms with van der Waals surface area (Å²) in [7, 11) is 0. The van der Waals surface area contributed by atoms with Crippen molar-refractivity contribution in [3.63, 3.8) is 0 Å². The van der Waals surface area contributed by atoms with E-state index in [0.717, 1.165) is 12.8 Å². The van der Waals surface area contributed by atoms with E-state index in [1.807, 2.05) is 6.92 Å². The maximum absolute atomic E-state index is 12.2. The summed E-state index contributed by atoms with van der Waals surface area (Å²) in [4.78, 5) is 12.2. The van der Waals surface area contributed by atoms with E-state index in [1.165, 1.54) is 0 Å². The van der Waals surface area contributed by atoms with Crippen molar-refractivity contribution in [3.05, 3.63) is 0 Å². The van der Waals surface area contributed by atoms with Crippen molar-refractivity contribution in [1.82, 2.24) is 10.6 Å². The quantitative estimate of drug-likeness (QED) is 0.792. The Morgan fingerprint density at radius 3 is 2.52 bits per heavy atom. The van der Waals surface area contributed by atoms with Gasteiger partial charge in [-0.1, -0.05) is 6.92 Å². The summed E-state index contributed by atoms with van der Waals surface area (Å²) in [5, 5.41) is 5.98. The number of carbonyl (C=O) groups is 1. The van der Waals surface area contributed by atoms with Gasteiger partial charge in [-0.2, -0.15) is 13.2 Å². The molecule has 1 saturated carbocycles. The molecule has 0 aromatic carbocycles. The highest BCUT2D eigenvalue weighted by atomic mass is 19.4. The van der Waals surface area contributed by atoms with Crippen LogP contribution in [0.2, 0.25) is 0 Å². The van der Waals surface area contributed by atoms with Crippen molar-refractivity contribution in [3.8, 4) is 0 Å². The molecule has 124 valence electrons. The first-order valence-corrected chi connectivity index (χ1v) is 7.38. The molecule has 0 saturated heterocycles. The summed E-state index contributed by atoms with van der Waals surface area (Å²) in [5.41, 5.74) is -0.686. The second-order valence-electron chi connectivity index (χ2n) is 6.04. The molecular weight excluding hydrogens is 285 g/mol. The second kappa shape index (κ2) is 7.45. The molecular formula is C14H25F3N2O2. The van der Waals surface area contributed by atoms with Gasteiger partial charge in [0.2, 0.25) is 5.91 Å². The first-order valence-electron chi connectivity index (χ1n) is 7.38. The molecule has 2 N–H and O–H groups in total. The van der Waals surface area contributed by atoms with Gasteiger partial charge in [0.1, 0.15) is 6.61 Å². The number of rotatable bonds is 6. The zero-order valence-electron chi connectivity index (χ0n) is 12.8. The Morgan fingerprint density at radius 1 is 1.29 bits per heavy atom. The average molecular weight is 310 g/mol. The van der Waals surface area contributed by atoms with Crippen LogP contribution in [-0.4, -0.2) is 42.9 Å². The van der Waals surface area contributed by atoms with E-state index < -0.39 is 24.4 Å². The summed E-state index contributed by atoms with van der Waals surface area (Å²) in [6, 6.07) is -0.123. The molecule has 0 radical (unpaired) electrons. The minimum absolute atomic E-state index is 0.123. The predicted molar refractivity (Wildman–Crippen MR) is 73.9 cm³/mol. The molecule has 2 atom stereocenters. The van der Waals surface area contributed by atoms with Crippen molar-refractivity contribution >= 4 is 5.91 Å². The first kappa shape index (κ1) is 18.2. The van der Waals surface area contributed by atoms with Crippen LogP contribution in [0.1, 0.15) is 46.5 Å². The van der Waals surface area contributed by atoms with Crippen LogP contribution in [0, 0.1) is 0 Å². The fourth-order valence-corrected chi connectivity index (χ4v) is 2.53. The Balaban J connectivity index is 2.44. The van der Waals surface area contributed by atoms with Gasteiger partial charge in [-0.15, -0.1) is 0 Å². The molecule has 4 nitrogen and oxygen atoms in total. The highest BCUT2D eigenvalue weighted by molar-refractivity contribution is 5.85. The lowest BCUT2D eigenvalue weighted by atomic mass is 9.92. The van der Waals surface area contributed by atoms with Gasteiger partial charge in [0.25, 0.3) is 0 Å². The molecule has 21 heavy (non-hydrogen) atoms. The van der Waals surface area contributed by atoms with E-state index in [0.29, 0.717) is 19.4 Å². The Hall–Kier alpha value is -0.820. The molecule has 1 aliphatic carbocycles. The van der Waals surface area contributed by atoms with Crippen LogP contribution >= 0.6 is 0 Å². The molecule has 0 aromatic rings. The second-order valence-corrected chi connectivity index (χ2v) is 6.04. The van der Waals surface area contributed by atoms with Gasteiger partial charge in [0.15, 0.2) is 0 Å². The molecule has 0 bridgehead atoms. The van der Waals surface area contributed by atoms with Crippen LogP contribution in [0.4, 0.5) is 13.2 Å². The van der Waals surface area contributed by atoms with Crippen molar-refractivity contribution in [2.24, 2.45) is 0 Å². The van der Waals surface area contributed by atoms with Gasteiger partial charge < -0.3 is 15.4 Å². The number of hydrogen-bond donors (Lipinski definition) is 2. The third-order valence-corrected chi connectivity index (χ3v) is 3.63. The highest BCUT2D eigenvalue weighted by Gasteiger charge is 2.33. The molecule has 0 heterocycles. The van der Waals surface area contributed by atoms with E-state index in [-0.39, 0.29) is 11.9 Å². The number of halogens is 3. The lowest BCUT2D eigenvalue weighted by Gasteiger charge is -2.33. The van der Waals surface area contributed by atoms with Crippen molar-refractivity contribution in [2.45, 2.75) is 70.3 Å². The number of ether oxygens (including phenoxy) is 1. The first-order chi connectivity index (χ1) is 9.64. The van der Waals surface area contributed by atoms with Crippen LogP contribution in [0.15, 0.2) is 0 Å². The molecule has 2 unspecified atom stereocenters. The van der Waals surface area contributed by atoms with Gasteiger partial charge in [-0.25, -0.2) is 0 Å². The smallest absolute Gasteiger partial charge is 0.369 e. The van der Waals surface area contributed by atoms with Gasteiger partial charge in [0.05, 0.1) is 11.6 Å². The van der Waals surface area contributed by atoms with E-state index >= 15 is 0 Å². The normalized spacial score (nSPS) is 23.9. The summed E-state index contributed by atoms with van der Waals surface area (Å²) in [6.45, 7) is 4.93. The molecule has 0 aromatic heterocycles. The predicted octanol–water partition coefficient (Wildman–Crippen LogP) is 2.38. The van der Waals surface area contributed by atoms with E-state index in [2.05, 4.69) is 10.6 Å². The van der Waals surface area contributed by atoms with Gasteiger partial charge in [0, 0.05) is 6.04 Å². The number of nitrogens with one attached hydrogen (secondary N) is 2. The Kier molecular flexibility index (Phi) is 6.46. The average Bonchev–Trinajstić information content (AvgIpc) is 2.36. The van der Waals surface area contributed by atoms with Gasteiger partial charge in [-0.05, 0) is 46.1 Å². The highest BCUT2D eigenvalue weighted by Crippen LogP contribution is 2.24. The van der Waals surface area contributed by atoms with Crippen molar-refractivity contribution in [2.75, 3.05) is 13.2 Å². The van der Waals surface area contributed by atoms with Gasteiger partial charge in [-0.3, -0.25) is 4.79 Å². The largest absolute Gasteiger partial charge is 0.411 e. The summed E-state index contributed by atoms with van der Waals surface area (Å²) < 4.78 is 41.4. The maximum atomic E-state index is 12.2. The molecule has 0 aliphatic heterocycles. The Labute approximate surface area is 123 Å². The Morgan fingerprint density at radius 2 is 1.95 bits per heavy atom. The van der Waals surface area contributed by atoms with Crippen molar-refractivity contribution in [1.29, 1.82) is 0 Å². The zero-order chi connectivity index (χ0) is 16.1. The van der Waals surface area contributed by atoms with Crippen LogP contribution in [-0.2, 0) is 9.53 Å².